The number of nitrogens with one attached hydrogen (secondary N) is 2. The molecule has 0 saturated heterocycles. The van der Waals surface area contributed by atoms with Crippen LogP contribution in [0.2, 0.25) is 0 Å². The molecule has 0 aliphatic rings. The number of aryl methyl sites for hydroxylation is 1. The number of hydrogen-bond acceptors (Lipinski definition) is 6. The number of benzene rings is 2. The number of anilines is 1. The van der Waals surface area contributed by atoms with Gasteiger partial charge in [0.1, 0.15) is 11.6 Å². The number of H-pyrrole nitrogens is 1. The first-order chi connectivity index (χ1) is 15.6. The summed E-state index contributed by atoms with van der Waals surface area (Å²) in [5.41, 5.74) is 3.18. The largest absolute Gasteiger partial charge is 0.493 e. The van der Waals surface area contributed by atoms with Crippen molar-refractivity contribution in [3.8, 4) is 21.9 Å². The Morgan fingerprint density at radius 2 is 1.78 bits per heavy atom. The number of rotatable bonds is 6. The molecule has 0 spiro atoms. The molecule has 2 N–H and O–H groups in total. The van der Waals surface area contributed by atoms with Gasteiger partial charge in [0, 0.05) is 32.9 Å². The summed E-state index contributed by atoms with van der Waals surface area (Å²) in [6.45, 7) is 4.04. The van der Waals surface area contributed by atoms with E-state index in [0.717, 1.165) is 22.2 Å². The van der Waals surface area contributed by atoms with E-state index >= 15 is 0 Å². The van der Waals surface area contributed by atoms with E-state index < -0.39 is 0 Å². The predicted molar refractivity (Wildman–Crippen MR) is 131 cm³/mol. The lowest BCUT2D eigenvalue weighted by molar-refractivity contribution is 0.356. The molecule has 2 aromatic carbocycles. The van der Waals surface area contributed by atoms with Crippen LogP contribution in [0.15, 0.2) is 54.7 Å². The van der Waals surface area contributed by atoms with Gasteiger partial charge in [-0.1, -0.05) is 12.1 Å². The fourth-order valence-electron chi connectivity index (χ4n) is 3.90. The summed E-state index contributed by atoms with van der Waals surface area (Å²) >= 11 is 1.78. The maximum absolute atomic E-state index is 5.49. The van der Waals surface area contributed by atoms with Crippen LogP contribution in [0.5, 0.6) is 11.5 Å². The number of nitrogens with zero attached hydrogens (tertiary/aromatic N) is 2. The molecule has 0 amide bonds. The van der Waals surface area contributed by atoms with E-state index in [9.17, 15) is 0 Å². The van der Waals surface area contributed by atoms with Crippen molar-refractivity contribution in [2.45, 2.75) is 19.9 Å². The Kier molecular flexibility index (Phi) is 5.19. The van der Waals surface area contributed by atoms with Gasteiger partial charge in [0.2, 0.25) is 0 Å². The molecule has 162 valence electrons. The zero-order valence-electron chi connectivity index (χ0n) is 18.4. The van der Waals surface area contributed by atoms with E-state index in [1.807, 2.05) is 25.3 Å². The van der Waals surface area contributed by atoms with E-state index in [1.165, 1.54) is 20.7 Å². The summed E-state index contributed by atoms with van der Waals surface area (Å²) in [5, 5.41) is 5.70. The summed E-state index contributed by atoms with van der Waals surface area (Å²) in [4.78, 5) is 15.0. The van der Waals surface area contributed by atoms with Crippen molar-refractivity contribution in [1.29, 1.82) is 0 Å². The van der Waals surface area contributed by atoms with Gasteiger partial charge in [0.25, 0.3) is 0 Å². The number of ether oxygens (including phenoxy) is 2. The molecule has 0 aliphatic heterocycles. The minimum Gasteiger partial charge on any atom is -0.493 e. The standard InChI is InChI=1S/C25H24N4O2S/c1-14(23-7-8-24(32-23)17-6-5-16-9-10-26-19(16)11-17)27-25-18-12-21(30-3)22(31-4)13-20(18)28-15(2)29-25/h5-14,26H,1-4H3,(H,27,28,29). The fourth-order valence-corrected chi connectivity index (χ4v) is 4.91. The zero-order chi connectivity index (χ0) is 22.2. The highest BCUT2D eigenvalue weighted by molar-refractivity contribution is 7.15. The van der Waals surface area contributed by atoms with Gasteiger partial charge < -0.3 is 19.8 Å². The number of fused-ring (bicyclic) bond motifs is 2. The molecule has 0 radical (unpaired) electrons. The van der Waals surface area contributed by atoms with Gasteiger partial charge in [-0.3, -0.25) is 0 Å². The van der Waals surface area contributed by atoms with Crippen LogP contribution in [-0.2, 0) is 0 Å². The lowest BCUT2D eigenvalue weighted by atomic mass is 10.1. The van der Waals surface area contributed by atoms with Gasteiger partial charge >= 0.3 is 0 Å². The second-order valence-electron chi connectivity index (χ2n) is 7.69. The Bertz CT molecular complexity index is 1420. The van der Waals surface area contributed by atoms with Crippen LogP contribution >= 0.6 is 11.3 Å². The third kappa shape index (κ3) is 3.65. The van der Waals surface area contributed by atoms with Crippen molar-refractivity contribution >= 4 is 39.0 Å². The average Bonchev–Trinajstić information content (AvgIpc) is 3.47. The molecule has 0 bridgehead atoms. The topological polar surface area (TPSA) is 72.1 Å². The minimum atomic E-state index is 0.0774. The smallest absolute Gasteiger partial charge is 0.162 e. The molecule has 6 nitrogen and oxygen atoms in total. The number of thiophene rings is 1. The minimum absolute atomic E-state index is 0.0774. The number of aromatic amines is 1. The quantitative estimate of drug-likeness (QED) is 0.320. The third-order valence-corrected chi connectivity index (χ3v) is 6.88. The third-order valence-electron chi connectivity index (χ3n) is 5.56. The van der Waals surface area contributed by atoms with E-state index in [-0.39, 0.29) is 6.04 Å². The van der Waals surface area contributed by atoms with Crippen molar-refractivity contribution < 1.29 is 9.47 Å². The van der Waals surface area contributed by atoms with E-state index in [4.69, 9.17) is 9.47 Å². The highest BCUT2D eigenvalue weighted by atomic mass is 32.1. The molecule has 32 heavy (non-hydrogen) atoms. The van der Waals surface area contributed by atoms with Crippen LogP contribution in [0.25, 0.3) is 32.2 Å². The normalized spacial score (nSPS) is 12.2. The summed E-state index contributed by atoms with van der Waals surface area (Å²) in [5.74, 6) is 2.79. The number of methoxy groups -OCH3 is 2. The first kappa shape index (κ1) is 20.3. The Morgan fingerprint density at radius 3 is 2.59 bits per heavy atom. The van der Waals surface area contributed by atoms with Gasteiger partial charge in [0.15, 0.2) is 11.5 Å². The Balaban J connectivity index is 1.46. The molecule has 0 aliphatic carbocycles. The second-order valence-corrected chi connectivity index (χ2v) is 8.81. The zero-order valence-corrected chi connectivity index (χ0v) is 19.2. The lowest BCUT2D eigenvalue weighted by Crippen LogP contribution is -2.08. The first-order valence-corrected chi connectivity index (χ1v) is 11.2. The van der Waals surface area contributed by atoms with Gasteiger partial charge in [-0.15, -0.1) is 11.3 Å². The van der Waals surface area contributed by atoms with Crippen LogP contribution in [0.1, 0.15) is 23.7 Å². The van der Waals surface area contributed by atoms with Gasteiger partial charge in [0.05, 0.1) is 25.8 Å². The van der Waals surface area contributed by atoms with Crippen molar-refractivity contribution in [3.63, 3.8) is 0 Å². The van der Waals surface area contributed by atoms with Crippen LogP contribution in [-0.4, -0.2) is 29.2 Å². The summed E-state index contributed by atoms with van der Waals surface area (Å²) in [7, 11) is 3.26. The van der Waals surface area contributed by atoms with Gasteiger partial charge in [-0.25, -0.2) is 9.97 Å². The molecular formula is C25H24N4O2S. The molecule has 3 heterocycles. The fraction of sp³-hybridized carbons (Fsp3) is 0.200. The van der Waals surface area contributed by atoms with Gasteiger partial charge in [-0.05, 0) is 55.1 Å². The molecule has 7 heteroatoms. The molecule has 1 atom stereocenters. The van der Waals surface area contributed by atoms with Crippen LogP contribution in [0.4, 0.5) is 5.82 Å². The monoisotopic (exact) mass is 444 g/mol. The lowest BCUT2D eigenvalue weighted by Gasteiger charge is -2.16. The summed E-state index contributed by atoms with van der Waals surface area (Å²) < 4.78 is 10.9. The molecule has 5 aromatic rings. The molecule has 1 unspecified atom stereocenters. The van der Waals surface area contributed by atoms with Crippen LogP contribution in [0, 0.1) is 6.92 Å². The maximum Gasteiger partial charge on any atom is 0.162 e. The maximum atomic E-state index is 5.49. The van der Waals surface area contributed by atoms with Crippen molar-refractivity contribution in [3.05, 3.63) is 65.4 Å². The SMILES string of the molecule is COc1cc2nc(C)nc(NC(C)c3ccc(-c4ccc5cc[nH]c5c4)s3)c2cc1OC. The van der Waals surface area contributed by atoms with E-state index in [2.05, 4.69) is 63.6 Å². The highest BCUT2D eigenvalue weighted by Gasteiger charge is 2.16. The van der Waals surface area contributed by atoms with Crippen molar-refractivity contribution in [1.82, 2.24) is 15.0 Å². The first-order valence-electron chi connectivity index (χ1n) is 10.4. The second kappa shape index (κ2) is 8.16. The van der Waals surface area contributed by atoms with E-state index in [1.54, 1.807) is 25.6 Å². The average molecular weight is 445 g/mol. The van der Waals surface area contributed by atoms with Crippen molar-refractivity contribution in [2.75, 3.05) is 19.5 Å². The molecule has 0 fully saturated rings. The Labute approximate surface area is 190 Å². The molecule has 5 rings (SSSR count). The van der Waals surface area contributed by atoms with Crippen LogP contribution in [0.3, 0.4) is 0 Å². The summed E-state index contributed by atoms with van der Waals surface area (Å²) in [6.07, 6.45) is 1.97. The predicted octanol–water partition coefficient (Wildman–Crippen LogP) is 6.34. The molecule has 3 aromatic heterocycles. The number of aromatic nitrogens is 3. The molecular weight excluding hydrogens is 420 g/mol. The van der Waals surface area contributed by atoms with Crippen molar-refractivity contribution in [2.24, 2.45) is 0 Å². The van der Waals surface area contributed by atoms with Gasteiger partial charge in [-0.2, -0.15) is 0 Å². The van der Waals surface area contributed by atoms with Crippen LogP contribution < -0.4 is 14.8 Å². The Hall–Kier alpha value is -3.58. The van der Waals surface area contributed by atoms with E-state index in [0.29, 0.717) is 17.3 Å². The highest BCUT2D eigenvalue weighted by Crippen LogP contribution is 2.37. The summed E-state index contributed by atoms with van der Waals surface area (Å²) in [6, 6.07) is 16.9. The molecule has 0 saturated carbocycles. The Morgan fingerprint density at radius 1 is 0.969 bits per heavy atom. The number of hydrogen-bond donors (Lipinski definition) is 2.